The second kappa shape index (κ2) is 9.37. The number of anilines is 1. The highest BCUT2D eigenvalue weighted by Gasteiger charge is 2.23. The monoisotopic (exact) mass is 394 g/mol. The number of carbonyl (C=O) groups is 3. The summed E-state index contributed by atoms with van der Waals surface area (Å²) in [4.78, 5) is 38.1. The number of rotatable bonds is 6. The van der Waals surface area contributed by atoms with Gasteiger partial charge in [0.2, 0.25) is 5.91 Å². The minimum absolute atomic E-state index is 0.0444. The maximum Gasteiger partial charge on any atom is 0.335 e. The molecule has 1 saturated heterocycles. The normalized spacial score (nSPS) is 14.4. The molecule has 1 fully saturated rings. The molecule has 6 heteroatoms. The van der Waals surface area contributed by atoms with Gasteiger partial charge in [-0.2, -0.15) is 0 Å². The zero-order chi connectivity index (χ0) is 20.8. The van der Waals surface area contributed by atoms with Crippen LogP contribution in [0.4, 0.5) is 5.69 Å². The van der Waals surface area contributed by atoms with Gasteiger partial charge in [0.1, 0.15) is 0 Å². The van der Waals surface area contributed by atoms with Gasteiger partial charge in [0.05, 0.1) is 16.8 Å². The number of piperidine rings is 1. The Morgan fingerprint density at radius 2 is 1.69 bits per heavy atom. The Morgan fingerprint density at radius 3 is 2.34 bits per heavy atom. The largest absolute Gasteiger partial charge is 0.478 e. The number of para-hydroxylation sites is 1. The highest BCUT2D eigenvalue weighted by atomic mass is 16.4. The lowest BCUT2D eigenvalue weighted by Gasteiger charge is -2.30. The topological polar surface area (TPSA) is 86.7 Å². The van der Waals surface area contributed by atoms with Crippen LogP contribution in [0.15, 0.2) is 48.5 Å². The van der Waals surface area contributed by atoms with E-state index in [0.717, 1.165) is 31.5 Å². The molecule has 1 aliphatic heterocycles. The van der Waals surface area contributed by atoms with Crippen molar-refractivity contribution in [3.8, 4) is 0 Å². The fourth-order valence-corrected chi connectivity index (χ4v) is 3.45. The molecule has 2 amide bonds. The highest BCUT2D eigenvalue weighted by Crippen LogP contribution is 2.22. The van der Waals surface area contributed by atoms with Crippen LogP contribution in [0.25, 0.3) is 0 Å². The van der Waals surface area contributed by atoms with Gasteiger partial charge in [0.15, 0.2) is 0 Å². The molecule has 0 unspecified atom stereocenters. The number of benzene rings is 2. The fraction of sp³-hybridized carbons (Fsp3) is 0.348. The van der Waals surface area contributed by atoms with Crippen LogP contribution < -0.4 is 5.32 Å². The van der Waals surface area contributed by atoms with Crippen LogP contribution in [0.5, 0.6) is 0 Å². The van der Waals surface area contributed by atoms with Crippen molar-refractivity contribution in [3.05, 3.63) is 65.2 Å². The standard InChI is InChI=1S/C23H26N2O4/c1-16-12-14-25(15-13-16)22(27)19-4-2-3-5-20(19)24-21(26)11-8-17-6-9-18(10-7-17)23(28)29/h2-7,9-10,16H,8,11-15H2,1H3,(H,24,26)(H,28,29). The first-order chi connectivity index (χ1) is 13.9. The van der Waals surface area contributed by atoms with Crippen molar-refractivity contribution in [2.45, 2.75) is 32.6 Å². The van der Waals surface area contributed by atoms with Crippen LogP contribution in [0.3, 0.4) is 0 Å². The zero-order valence-electron chi connectivity index (χ0n) is 16.6. The van der Waals surface area contributed by atoms with Gasteiger partial charge < -0.3 is 15.3 Å². The Hall–Kier alpha value is -3.15. The van der Waals surface area contributed by atoms with Gasteiger partial charge in [-0.25, -0.2) is 4.79 Å². The van der Waals surface area contributed by atoms with E-state index in [1.54, 1.807) is 36.4 Å². The Kier molecular flexibility index (Phi) is 6.65. The number of nitrogens with one attached hydrogen (secondary N) is 1. The van der Waals surface area contributed by atoms with E-state index in [9.17, 15) is 14.4 Å². The maximum atomic E-state index is 12.9. The van der Waals surface area contributed by atoms with Gasteiger partial charge >= 0.3 is 5.97 Å². The third kappa shape index (κ3) is 5.44. The van der Waals surface area contributed by atoms with Crippen molar-refractivity contribution in [2.75, 3.05) is 18.4 Å². The lowest BCUT2D eigenvalue weighted by Crippen LogP contribution is -2.38. The number of aryl methyl sites for hydroxylation is 1. The van der Waals surface area contributed by atoms with E-state index in [4.69, 9.17) is 5.11 Å². The summed E-state index contributed by atoms with van der Waals surface area (Å²) in [7, 11) is 0. The number of amides is 2. The first-order valence-corrected chi connectivity index (χ1v) is 9.94. The number of carboxylic acid groups (broad SMARTS) is 1. The minimum atomic E-state index is -0.973. The summed E-state index contributed by atoms with van der Waals surface area (Å²) < 4.78 is 0. The average Bonchev–Trinajstić information content (AvgIpc) is 2.73. The number of nitrogens with zero attached hydrogens (tertiary/aromatic N) is 1. The number of hydrogen-bond donors (Lipinski definition) is 2. The van der Waals surface area contributed by atoms with Crippen molar-refractivity contribution in [1.82, 2.24) is 4.90 Å². The third-order valence-corrected chi connectivity index (χ3v) is 5.34. The molecular formula is C23H26N2O4. The molecule has 0 aromatic heterocycles. The molecule has 0 radical (unpaired) electrons. The molecule has 0 bridgehead atoms. The molecule has 0 atom stereocenters. The van der Waals surface area contributed by atoms with E-state index in [0.29, 0.717) is 23.6 Å². The van der Waals surface area contributed by atoms with E-state index in [2.05, 4.69) is 12.2 Å². The van der Waals surface area contributed by atoms with E-state index < -0.39 is 5.97 Å². The van der Waals surface area contributed by atoms with Gasteiger partial charge in [-0.3, -0.25) is 9.59 Å². The Morgan fingerprint density at radius 1 is 1.03 bits per heavy atom. The fourth-order valence-electron chi connectivity index (χ4n) is 3.45. The third-order valence-electron chi connectivity index (χ3n) is 5.34. The molecule has 1 heterocycles. The lowest BCUT2D eigenvalue weighted by atomic mass is 9.98. The molecule has 0 saturated carbocycles. The predicted octanol–water partition coefficient (Wildman–Crippen LogP) is 3.83. The molecule has 2 N–H and O–H groups in total. The van der Waals surface area contributed by atoms with Gasteiger partial charge in [-0.05, 0) is 55.0 Å². The van der Waals surface area contributed by atoms with Crippen LogP contribution in [-0.2, 0) is 11.2 Å². The Bertz CT molecular complexity index is 884. The molecule has 0 spiro atoms. The molecule has 1 aliphatic rings. The minimum Gasteiger partial charge on any atom is -0.478 e. The summed E-state index contributed by atoms with van der Waals surface area (Å²) in [6, 6.07) is 13.6. The summed E-state index contributed by atoms with van der Waals surface area (Å²) in [6.07, 6.45) is 2.74. The Labute approximate surface area is 170 Å². The molecule has 152 valence electrons. The lowest BCUT2D eigenvalue weighted by molar-refractivity contribution is -0.116. The van der Waals surface area contributed by atoms with E-state index in [1.807, 2.05) is 4.90 Å². The first-order valence-electron chi connectivity index (χ1n) is 9.94. The van der Waals surface area contributed by atoms with E-state index in [1.165, 1.54) is 12.1 Å². The Balaban J connectivity index is 1.60. The molecule has 29 heavy (non-hydrogen) atoms. The van der Waals surface area contributed by atoms with Crippen molar-refractivity contribution in [2.24, 2.45) is 5.92 Å². The summed E-state index contributed by atoms with van der Waals surface area (Å²) in [5, 5.41) is 11.8. The van der Waals surface area contributed by atoms with Crippen LogP contribution in [0.1, 0.15) is 52.5 Å². The zero-order valence-corrected chi connectivity index (χ0v) is 16.6. The number of aromatic carboxylic acids is 1. The van der Waals surface area contributed by atoms with Crippen molar-refractivity contribution in [1.29, 1.82) is 0 Å². The SMILES string of the molecule is CC1CCN(C(=O)c2ccccc2NC(=O)CCc2ccc(C(=O)O)cc2)CC1. The number of carbonyl (C=O) groups excluding carboxylic acids is 2. The number of carboxylic acids is 1. The van der Waals surface area contributed by atoms with Crippen LogP contribution in [0.2, 0.25) is 0 Å². The van der Waals surface area contributed by atoms with Crippen molar-refractivity contribution >= 4 is 23.5 Å². The highest BCUT2D eigenvalue weighted by molar-refractivity contribution is 6.03. The quantitative estimate of drug-likeness (QED) is 0.780. The van der Waals surface area contributed by atoms with Gasteiger partial charge in [0.25, 0.3) is 5.91 Å². The average molecular weight is 394 g/mol. The van der Waals surface area contributed by atoms with Gasteiger partial charge in [-0.1, -0.05) is 31.2 Å². The summed E-state index contributed by atoms with van der Waals surface area (Å²) >= 11 is 0. The van der Waals surface area contributed by atoms with E-state index in [-0.39, 0.29) is 23.8 Å². The van der Waals surface area contributed by atoms with Crippen molar-refractivity contribution in [3.63, 3.8) is 0 Å². The second-order valence-corrected chi connectivity index (χ2v) is 7.57. The van der Waals surface area contributed by atoms with Crippen LogP contribution in [0, 0.1) is 5.92 Å². The molecular weight excluding hydrogens is 368 g/mol. The smallest absolute Gasteiger partial charge is 0.335 e. The number of likely N-dealkylation sites (tertiary alicyclic amines) is 1. The van der Waals surface area contributed by atoms with Gasteiger partial charge in [0, 0.05) is 19.5 Å². The van der Waals surface area contributed by atoms with Gasteiger partial charge in [-0.15, -0.1) is 0 Å². The first kappa shape index (κ1) is 20.6. The summed E-state index contributed by atoms with van der Waals surface area (Å²) in [6.45, 7) is 3.69. The van der Waals surface area contributed by atoms with Crippen molar-refractivity contribution < 1.29 is 19.5 Å². The molecule has 6 nitrogen and oxygen atoms in total. The van der Waals surface area contributed by atoms with Crippen LogP contribution >= 0.6 is 0 Å². The second-order valence-electron chi connectivity index (χ2n) is 7.57. The van der Waals surface area contributed by atoms with E-state index >= 15 is 0 Å². The molecule has 2 aromatic rings. The summed E-state index contributed by atoms with van der Waals surface area (Å²) in [5.41, 5.74) is 2.15. The summed E-state index contributed by atoms with van der Waals surface area (Å²) in [5.74, 6) is -0.561. The molecule has 0 aliphatic carbocycles. The van der Waals surface area contributed by atoms with Crippen LogP contribution in [-0.4, -0.2) is 40.9 Å². The molecule has 2 aromatic carbocycles. The predicted molar refractivity (Wildman–Crippen MR) is 111 cm³/mol. The molecule has 3 rings (SSSR count). The number of hydrogen-bond acceptors (Lipinski definition) is 3. The maximum absolute atomic E-state index is 12.9.